The molecule has 0 aromatic carbocycles. The summed E-state index contributed by atoms with van der Waals surface area (Å²) in [6, 6.07) is 0. The first-order valence-electron chi connectivity index (χ1n) is 9.77. The van der Waals surface area contributed by atoms with E-state index in [0.717, 1.165) is 19.3 Å². The van der Waals surface area contributed by atoms with Crippen LogP contribution in [0.25, 0.3) is 0 Å². The van der Waals surface area contributed by atoms with E-state index in [0.29, 0.717) is 18.4 Å². The Bertz CT molecular complexity index is 475. The number of ether oxygens (including phenoxy) is 1. The van der Waals surface area contributed by atoms with Gasteiger partial charge in [0.05, 0.1) is 12.7 Å². The lowest BCUT2D eigenvalue weighted by Crippen LogP contribution is -2.53. The molecule has 0 bridgehead atoms. The number of likely N-dealkylation sites (N-methyl/N-ethyl adjacent to an activating group) is 1. The molecule has 0 radical (unpaired) electrons. The van der Waals surface area contributed by atoms with Gasteiger partial charge in [0.25, 0.3) is 5.91 Å². The highest BCUT2D eigenvalue weighted by molar-refractivity contribution is 6.07. The van der Waals surface area contributed by atoms with Gasteiger partial charge in [0, 0.05) is 7.05 Å². The van der Waals surface area contributed by atoms with E-state index in [2.05, 4.69) is 12.2 Å². The third-order valence-corrected chi connectivity index (χ3v) is 6.22. The molecule has 3 atom stereocenters. The normalized spacial score (nSPS) is 35.3. The molecule has 0 aromatic rings. The smallest absolute Gasteiger partial charge is 0.257 e. The molecule has 5 nitrogen and oxygen atoms in total. The van der Waals surface area contributed by atoms with Gasteiger partial charge in [-0.2, -0.15) is 0 Å². The van der Waals surface area contributed by atoms with Gasteiger partial charge < -0.3 is 10.1 Å². The van der Waals surface area contributed by atoms with Gasteiger partial charge in [-0.05, 0) is 31.1 Å². The highest BCUT2D eigenvalue weighted by Crippen LogP contribution is 2.34. The molecule has 2 saturated carbocycles. The van der Waals surface area contributed by atoms with Crippen molar-refractivity contribution in [3.63, 3.8) is 0 Å². The highest BCUT2D eigenvalue weighted by Gasteiger charge is 2.50. The fraction of sp³-hybridized carbons (Fsp3) is 0.895. The second-order valence-electron chi connectivity index (χ2n) is 8.33. The maximum atomic E-state index is 12.9. The predicted molar refractivity (Wildman–Crippen MR) is 94.9 cm³/mol. The van der Waals surface area contributed by atoms with Gasteiger partial charge in [0.15, 0.2) is 5.96 Å². The van der Waals surface area contributed by atoms with Crippen LogP contribution in [0.3, 0.4) is 0 Å². The molecular formula is C19H33N3O2. The SMILES string of the molecule is C[C@@H]1CCC[C@H](OCC2(CC3CCCCC3)NC(=N)N(C)C2=O)C1. The number of nitrogens with zero attached hydrogens (tertiary/aromatic N) is 1. The Labute approximate surface area is 146 Å². The summed E-state index contributed by atoms with van der Waals surface area (Å²) in [7, 11) is 1.70. The summed E-state index contributed by atoms with van der Waals surface area (Å²) >= 11 is 0. The van der Waals surface area contributed by atoms with E-state index in [1.54, 1.807) is 7.05 Å². The average Bonchev–Trinajstić information content (AvgIpc) is 2.78. The zero-order valence-electron chi connectivity index (χ0n) is 15.3. The van der Waals surface area contributed by atoms with Crippen LogP contribution in [0.2, 0.25) is 0 Å². The van der Waals surface area contributed by atoms with Crippen LogP contribution in [0.4, 0.5) is 0 Å². The van der Waals surface area contributed by atoms with Crippen molar-refractivity contribution in [2.45, 2.75) is 82.8 Å². The van der Waals surface area contributed by atoms with Crippen molar-refractivity contribution in [2.75, 3.05) is 13.7 Å². The van der Waals surface area contributed by atoms with Gasteiger partial charge in [-0.15, -0.1) is 0 Å². The van der Waals surface area contributed by atoms with Crippen molar-refractivity contribution in [1.82, 2.24) is 10.2 Å². The van der Waals surface area contributed by atoms with E-state index in [-0.39, 0.29) is 18.0 Å². The zero-order valence-corrected chi connectivity index (χ0v) is 15.3. The van der Waals surface area contributed by atoms with E-state index in [9.17, 15) is 4.79 Å². The van der Waals surface area contributed by atoms with Crippen LogP contribution >= 0.6 is 0 Å². The summed E-state index contributed by atoms with van der Waals surface area (Å²) in [5.41, 5.74) is -0.714. The zero-order chi connectivity index (χ0) is 17.2. The molecule has 1 amide bonds. The molecule has 3 fully saturated rings. The van der Waals surface area contributed by atoms with Crippen LogP contribution in [-0.2, 0) is 9.53 Å². The van der Waals surface area contributed by atoms with Crippen LogP contribution < -0.4 is 5.32 Å². The lowest BCUT2D eigenvalue weighted by molar-refractivity contribution is -0.135. The molecule has 3 aliphatic rings. The average molecular weight is 335 g/mol. The number of guanidine groups is 1. The molecule has 5 heteroatoms. The summed E-state index contributed by atoms with van der Waals surface area (Å²) in [6.45, 7) is 2.70. The first kappa shape index (κ1) is 17.7. The maximum absolute atomic E-state index is 12.9. The Balaban J connectivity index is 1.67. The lowest BCUT2D eigenvalue weighted by atomic mass is 9.79. The van der Waals surface area contributed by atoms with Crippen molar-refractivity contribution in [1.29, 1.82) is 5.41 Å². The fourth-order valence-electron chi connectivity index (χ4n) is 4.76. The van der Waals surface area contributed by atoms with Gasteiger partial charge in [-0.3, -0.25) is 15.1 Å². The van der Waals surface area contributed by atoms with Gasteiger partial charge in [-0.25, -0.2) is 0 Å². The second kappa shape index (κ2) is 7.42. The molecule has 136 valence electrons. The van der Waals surface area contributed by atoms with Gasteiger partial charge >= 0.3 is 0 Å². The van der Waals surface area contributed by atoms with E-state index >= 15 is 0 Å². The topological polar surface area (TPSA) is 65.4 Å². The van der Waals surface area contributed by atoms with Crippen LogP contribution in [0.1, 0.15) is 71.1 Å². The highest BCUT2D eigenvalue weighted by atomic mass is 16.5. The van der Waals surface area contributed by atoms with Crippen molar-refractivity contribution >= 4 is 11.9 Å². The summed E-state index contributed by atoms with van der Waals surface area (Å²) in [5, 5.41) is 11.3. The van der Waals surface area contributed by atoms with Crippen molar-refractivity contribution in [2.24, 2.45) is 11.8 Å². The van der Waals surface area contributed by atoms with Gasteiger partial charge in [0.2, 0.25) is 0 Å². The van der Waals surface area contributed by atoms with Crippen molar-refractivity contribution < 1.29 is 9.53 Å². The summed E-state index contributed by atoms with van der Waals surface area (Å²) in [5.74, 6) is 1.52. The number of carbonyl (C=O) groups excluding carboxylic acids is 1. The Morgan fingerprint density at radius 1 is 1.21 bits per heavy atom. The Hall–Kier alpha value is -1.10. The lowest BCUT2D eigenvalue weighted by Gasteiger charge is -2.35. The van der Waals surface area contributed by atoms with Crippen LogP contribution in [0.5, 0.6) is 0 Å². The molecule has 2 N–H and O–H groups in total. The number of amides is 1. The fourth-order valence-corrected chi connectivity index (χ4v) is 4.76. The van der Waals surface area contributed by atoms with E-state index in [1.807, 2.05) is 0 Å². The molecule has 0 aromatic heterocycles. The first-order valence-corrected chi connectivity index (χ1v) is 9.77. The van der Waals surface area contributed by atoms with Gasteiger partial charge in [-0.1, -0.05) is 51.9 Å². The maximum Gasteiger partial charge on any atom is 0.257 e. The van der Waals surface area contributed by atoms with Crippen LogP contribution in [-0.4, -0.2) is 42.1 Å². The molecule has 1 aliphatic heterocycles. The number of rotatable bonds is 5. The molecule has 1 unspecified atom stereocenters. The Kier molecular flexibility index (Phi) is 5.48. The minimum Gasteiger partial charge on any atom is -0.375 e. The van der Waals surface area contributed by atoms with E-state index in [4.69, 9.17) is 10.1 Å². The Morgan fingerprint density at radius 3 is 2.58 bits per heavy atom. The van der Waals surface area contributed by atoms with Crippen LogP contribution in [0.15, 0.2) is 0 Å². The quantitative estimate of drug-likeness (QED) is 0.810. The van der Waals surface area contributed by atoms with Crippen molar-refractivity contribution in [3.05, 3.63) is 0 Å². The molecule has 3 rings (SSSR count). The van der Waals surface area contributed by atoms with Crippen LogP contribution in [0, 0.1) is 17.2 Å². The number of nitrogens with one attached hydrogen (secondary N) is 2. The van der Waals surface area contributed by atoms with E-state index < -0.39 is 5.54 Å². The minimum atomic E-state index is -0.714. The summed E-state index contributed by atoms with van der Waals surface area (Å²) in [4.78, 5) is 14.3. The van der Waals surface area contributed by atoms with Gasteiger partial charge in [0.1, 0.15) is 5.54 Å². The third kappa shape index (κ3) is 3.76. The number of hydrogen-bond donors (Lipinski definition) is 2. The standard InChI is InChI=1S/C19H33N3O2/c1-14-7-6-10-16(11-14)24-13-19(12-15-8-4-3-5-9-15)17(23)22(2)18(20)21-19/h14-16H,3-13H2,1-2H3,(H2,20,21)/t14-,16+,19?/m1/s1. The third-order valence-electron chi connectivity index (χ3n) is 6.22. The molecule has 1 saturated heterocycles. The molecule has 1 heterocycles. The second-order valence-corrected chi connectivity index (χ2v) is 8.33. The number of hydrogen-bond acceptors (Lipinski definition) is 3. The Morgan fingerprint density at radius 2 is 1.96 bits per heavy atom. The largest absolute Gasteiger partial charge is 0.375 e. The molecule has 24 heavy (non-hydrogen) atoms. The number of carbonyl (C=O) groups is 1. The minimum absolute atomic E-state index is 0.0157. The predicted octanol–water partition coefficient (Wildman–Crippen LogP) is 3.29. The molecule has 0 spiro atoms. The summed E-state index contributed by atoms with van der Waals surface area (Å²) in [6.07, 6.45) is 12.0. The summed E-state index contributed by atoms with van der Waals surface area (Å²) < 4.78 is 6.24. The van der Waals surface area contributed by atoms with Crippen molar-refractivity contribution in [3.8, 4) is 0 Å². The molecule has 2 aliphatic carbocycles. The molecular weight excluding hydrogens is 302 g/mol. The monoisotopic (exact) mass is 335 g/mol. The van der Waals surface area contributed by atoms with E-state index in [1.165, 1.54) is 49.8 Å². The first-order chi connectivity index (χ1) is 11.5.